The van der Waals surface area contributed by atoms with E-state index in [0.29, 0.717) is 18.0 Å². The number of rotatable bonds is 16. The molecule has 0 spiro atoms. The van der Waals surface area contributed by atoms with Crippen LogP contribution in [0, 0.1) is 5.92 Å². The van der Waals surface area contributed by atoms with E-state index in [1.54, 1.807) is 12.4 Å². The van der Waals surface area contributed by atoms with Gasteiger partial charge in [-0.15, -0.1) is 0 Å². The summed E-state index contributed by atoms with van der Waals surface area (Å²) in [6.07, 6.45) is 15.2. The number of unbranched alkanes of at least 4 members (excludes halogenated alkanes) is 6. The molecule has 0 bridgehead atoms. The lowest BCUT2D eigenvalue weighted by molar-refractivity contribution is -0.134. The maximum absolute atomic E-state index is 12.0. The molecule has 32 heavy (non-hydrogen) atoms. The van der Waals surface area contributed by atoms with Crippen molar-refractivity contribution < 1.29 is 14.3 Å². The Bertz CT molecular complexity index is 759. The van der Waals surface area contributed by atoms with Crippen molar-refractivity contribution in [3.05, 3.63) is 36.7 Å². The molecule has 0 aliphatic rings. The summed E-state index contributed by atoms with van der Waals surface area (Å²) in [5.41, 5.74) is 0.901. The van der Waals surface area contributed by atoms with E-state index in [1.807, 2.05) is 24.3 Å². The molecule has 0 aliphatic heterocycles. The number of nitrogens with zero attached hydrogens (tertiary/aromatic N) is 2. The van der Waals surface area contributed by atoms with Crippen molar-refractivity contribution in [2.24, 2.45) is 5.92 Å². The van der Waals surface area contributed by atoms with Gasteiger partial charge in [0, 0.05) is 12.0 Å². The number of aromatic nitrogens is 2. The first-order chi connectivity index (χ1) is 15.6. The first kappa shape index (κ1) is 25.8. The molecule has 5 nitrogen and oxygen atoms in total. The van der Waals surface area contributed by atoms with Gasteiger partial charge < -0.3 is 9.47 Å². The summed E-state index contributed by atoms with van der Waals surface area (Å²) in [6, 6.07) is 7.78. The highest BCUT2D eigenvalue weighted by Gasteiger charge is 2.08. The Morgan fingerprint density at radius 2 is 1.56 bits per heavy atom. The molecular weight excluding hydrogens is 400 g/mol. The van der Waals surface area contributed by atoms with Gasteiger partial charge in [-0.1, -0.05) is 72.1 Å². The lowest BCUT2D eigenvalue weighted by Gasteiger charge is -2.08. The number of hydrogen-bond donors (Lipinski definition) is 0. The average molecular weight is 441 g/mol. The molecule has 1 heterocycles. The fourth-order valence-corrected chi connectivity index (χ4v) is 3.44. The van der Waals surface area contributed by atoms with Gasteiger partial charge in [0.15, 0.2) is 11.6 Å². The number of carbonyl (C=O) groups is 1. The van der Waals surface area contributed by atoms with Crippen LogP contribution in [0.15, 0.2) is 36.7 Å². The monoisotopic (exact) mass is 440 g/mol. The standard InChI is InChI=1S/C27H40N2O3/c1-4-6-7-12-19-31-24-17-15-23(16-18-24)27-28-20-25(21-29-27)32-26(30)14-11-9-8-10-13-22(3)5-2/h15-18,20-22H,4-14,19H2,1-3H3. The van der Waals surface area contributed by atoms with Gasteiger partial charge in [-0.25, -0.2) is 9.97 Å². The average Bonchev–Trinajstić information content (AvgIpc) is 2.82. The number of hydrogen-bond acceptors (Lipinski definition) is 5. The van der Waals surface area contributed by atoms with Crippen LogP contribution in [-0.4, -0.2) is 22.5 Å². The van der Waals surface area contributed by atoms with Crippen molar-refractivity contribution in [1.29, 1.82) is 0 Å². The molecule has 1 aromatic carbocycles. The van der Waals surface area contributed by atoms with Crippen LogP contribution >= 0.6 is 0 Å². The second-order valence-corrected chi connectivity index (χ2v) is 8.62. The Morgan fingerprint density at radius 1 is 0.875 bits per heavy atom. The highest BCUT2D eigenvalue weighted by molar-refractivity contribution is 5.72. The highest BCUT2D eigenvalue weighted by atomic mass is 16.5. The Kier molecular flexibility index (Phi) is 12.4. The lowest BCUT2D eigenvalue weighted by atomic mass is 10.0. The number of carbonyl (C=O) groups excluding carboxylic acids is 1. The van der Waals surface area contributed by atoms with Crippen molar-refractivity contribution in [3.8, 4) is 22.9 Å². The van der Waals surface area contributed by atoms with Crippen LogP contribution in [0.25, 0.3) is 11.4 Å². The van der Waals surface area contributed by atoms with E-state index in [2.05, 4.69) is 30.7 Å². The molecule has 0 aliphatic carbocycles. The van der Waals surface area contributed by atoms with Crippen LogP contribution in [-0.2, 0) is 4.79 Å². The van der Waals surface area contributed by atoms with Gasteiger partial charge >= 0.3 is 5.97 Å². The molecule has 0 saturated heterocycles. The third-order valence-electron chi connectivity index (χ3n) is 5.76. The van der Waals surface area contributed by atoms with Crippen molar-refractivity contribution in [2.45, 2.75) is 91.4 Å². The summed E-state index contributed by atoms with van der Waals surface area (Å²) >= 11 is 0. The zero-order chi connectivity index (χ0) is 23.0. The molecule has 0 N–H and O–H groups in total. The third-order valence-corrected chi connectivity index (χ3v) is 5.76. The maximum Gasteiger partial charge on any atom is 0.311 e. The molecule has 176 valence electrons. The van der Waals surface area contributed by atoms with E-state index < -0.39 is 0 Å². The van der Waals surface area contributed by atoms with Crippen molar-refractivity contribution in [1.82, 2.24) is 9.97 Å². The minimum absolute atomic E-state index is 0.219. The molecule has 0 radical (unpaired) electrons. The molecule has 1 aromatic heterocycles. The van der Waals surface area contributed by atoms with Crippen LogP contribution in [0.2, 0.25) is 0 Å². The van der Waals surface area contributed by atoms with Gasteiger partial charge in [0.1, 0.15) is 5.75 Å². The maximum atomic E-state index is 12.0. The van der Waals surface area contributed by atoms with Gasteiger partial charge in [0.05, 0.1) is 19.0 Å². The number of esters is 1. The molecule has 2 aromatic rings. The molecule has 1 atom stereocenters. The van der Waals surface area contributed by atoms with Gasteiger partial charge in [0.2, 0.25) is 0 Å². The Labute approximate surface area is 194 Å². The Balaban J connectivity index is 1.69. The summed E-state index contributed by atoms with van der Waals surface area (Å²) in [7, 11) is 0. The summed E-state index contributed by atoms with van der Waals surface area (Å²) in [5, 5.41) is 0. The number of benzene rings is 1. The first-order valence-electron chi connectivity index (χ1n) is 12.4. The van der Waals surface area contributed by atoms with Crippen molar-refractivity contribution in [3.63, 3.8) is 0 Å². The second-order valence-electron chi connectivity index (χ2n) is 8.62. The summed E-state index contributed by atoms with van der Waals surface area (Å²) in [6.45, 7) is 7.48. The van der Waals surface area contributed by atoms with Crippen LogP contribution in [0.4, 0.5) is 0 Å². The van der Waals surface area contributed by atoms with Crippen LogP contribution in [0.1, 0.15) is 91.4 Å². The van der Waals surface area contributed by atoms with Crippen LogP contribution in [0.5, 0.6) is 11.5 Å². The van der Waals surface area contributed by atoms with Crippen molar-refractivity contribution >= 4 is 5.97 Å². The minimum Gasteiger partial charge on any atom is -0.494 e. The normalized spacial score (nSPS) is 11.8. The molecule has 2 rings (SSSR count). The summed E-state index contributed by atoms with van der Waals surface area (Å²) < 4.78 is 11.2. The SMILES string of the molecule is CCCCCCOc1ccc(-c2ncc(OC(=O)CCCCCCC(C)CC)cn2)cc1. The second kappa shape index (κ2) is 15.4. The fourth-order valence-electron chi connectivity index (χ4n) is 3.44. The zero-order valence-corrected chi connectivity index (χ0v) is 20.1. The third kappa shape index (κ3) is 10.3. The predicted octanol–water partition coefficient (Wildman–Crippen LogP) is 7.39. The minimum atomic E-state index is -0.219. The lowest BCUT2D eigenvalue weighted by Crippen LogP contribution is -2.08. The molecular formula is C27H40N2O3. The van der Waals surface area contributed by atoms with Crippen molar-refractivity contribution in [2.75, 3.05) is 6.61 Å². The first-order valence-corrected chi connectivity index (χ1v) is 12.4. The number of ether oxygens (including phenoxy) is 2. The van der Waals surface area contributed by atoms with Gasteiger partial charge in [-0.3, -0.25) is 4.79 Å². The van der Waals surface area contributed by atoms with E-state index in [9.17, 15) is 4.79 Å². The Hall–Kier alpha value is -2.43. The van der Waals surface area contributed by atoms with Crippen LogP contribution in [0.3, 0.4) is 0 Å². The van der Waals surface area contributed by atoms with Gasteiger partial charge in [-0.05, 0) is 43.0 Å². The van der Waals surface area contributed by atoms with E-state index in [0.717, 1.165) is 43.1 Å². The van der Waals surface area contributed by atoms with E-state index in [-0.39, 0.29) is 5.97 Å². The highest BCUT2D eigenvalue weighted by Crippen LogP contribution is 2.21. The van der Waals surface area contributed by atoms with E-state index in [1.165, 1.54) is 44.9 Å². The summed E-state index contributed by atoms with van der Waals surface area (Å²) in [5.74, 6) is 2.43. The largest absolute Gasteiger partial charge is 0.494 e. The fraction of sp³-hybridized carbons (Fsp3) is 0.593. The molecule has 1 unspecified atom stereocenters. The smallest absolute Gasteiger partial charge is 0.311 e. The van der Waals surface area contributed by atoms with Crippen LogP contribution < -0.4 is 9.47 Å². The molecule has 0 amide bonds. The van der Waals surface area contributed by atoms with Gasteiger partial charge in [-0.2, -0.15) is 0 Å². The summed E-state index contributed by atoms with van der Waals surface area (Å²) in [4.78, 5) is 20.7. The molecule has 5 heteroatoms. The topological polar surface area (TPSA) is 61.3 Å². The molecule has 0 saturated carbocycles. The van der Waals surface area contributed by atoms with Gasteiger partial charge in [0.25, 0.3) is 0 Å². The predicted molar refractivity (Wildman–Crippen MR) is 130 cm³/mol. The van der Waals surface area contributed by atoms with E-state index >= 15 is 0 Å². The molecule has 0 fully saturated rings. The zero-order valence-electron chi connectivity index (χ0n) is 20.1. The quantitative estimate of drug-likeness (QED) is 0.201. The van der Waals surface area contributed by atoms with E-state index in [4.69, 9.17) is 9.47 Å². The Morgan fingerprint density at radius 3 is 2.25 bits per heavy atom.